The van der Waals surface area contributed by atoms with E-state index in [9.17, 15) is 0 Å². The summed E-state index contributed by atoms with van der Waals surface area (Å²) in [6, 6.07) is 6.16. The highest BCUT2D eigenvalue weighted by atomic mass is 79.9. The highest BCUT2D eigenvalue weighted by molar-refractivity contribution is 9.10. The monoisotopic (exact) mass is 298 g/mol. The molecule has 0 aliphatic carbocycles. The van der Waals surface area contributed by atoms with Crippen molar-refractivity contribution < 1.29 is 4.74 Å². The summed E-state index contributed by atoms with van der Waals surface area (Å²) < 4.78 is 6.69. The van der Waals surface area contributed by atoms with Crippen LogP contribution in [0.15, 0.2) is 22.7 Å². The molecule has 0 bridgehead atoms. The number of anilines is 1. The van der Waals surface area contributed by atoms with Gasteiger partial charge in [-0.25, -0.2) is 0 Å². The van der Waals surface area contributed by atoms with Gasteiger partial charge in [0.05, 0.1) is 12.2 Å². The molecule has 0 radical (unpaired) electrons. The Morgan fingerprint density at radius 3 is 2.59 bits per heavy atom. The second kappa shape index (κ2) is 5.38. The number of morpholine rings is 1. The van der Waals surface area contributed by atoms with Crippen molar-refractivity contribution in [3.05, 3.63) is 28.2 Å². The van der Waals surface area contributed by atoms with Crippen molar-refractivity contribution in [2.24, 2.45) is 0 Å². The first-order valence-corrected chi connectivity index (χ1v) is 6.75. The van der Waals surface area contributed by atoms with Crippen LogP contribution in [0.25, 0.3) is 0 Å². The van der Waals surface area contributed by atoms with Crippen LogP contribution in [-0.4, -0.2) is 30.2 Å². The van der Waals surface area contributed by atoms with Crippen LogP contribution in [0.1, 0.15) is 19.4 Å². The quantitative estimate of drug-likeness (QED) is 0.853. The van der Waals surface area contributed by atoms with Crippen LogP contribution in [0.4, 0.5) is 5.69 Å². The Hall–Kier alpha value is -0.580. The molecule has 0 aromatic heterocycles. The smallest absolute Gasteiger partial charge is 0.0678 e. The molecular weight excluding hydrogens is 280 g/mol. The van der Waals surface area contributed by atoms with Gasteiger partial charge in [-0.1, -0.05) is 6.07 Å². The fourth-order valence-electron chi connectivity index (χ4n) is 2.36. The minimum atomic E-state index is 0.312. The van der Waals surface area contributed by atoms with Gasteiger partial charge in [0.1, 0.15) is 0 Å². The molecule has 2 N–H and O–H groups in total. The van der Waals surface area contributed by atoms with Crippen LogP contribution in [0.2, 0.25) is 0 Å². The van der Waals surface area contributed by atoms with E-state index in [1.165, 1.54) is 5.56 Å². The van der Waals surface area contributed by atoms with Crippen LogP contribution in [0, 0.1) is 0 Å². The molecule has 3 nitrogen and oxygen atoms in total. The lowest BCUT2D eigenvalue weighted by molar-refractivity contribution is -0.0704. The maximum absolute atomic E-state index is 5.89. The molecule has 94 valence electrons. The summed E-state index contributed by atoms with van der Waals surface area (Å²) in [5.41, 5.74) is 7.95. The van der Waals surface area contributed by atoms with Gasteiger partial charge < -0.3 is 10.5 Å². The van der Waals surface area contributed by atoms with Crippen molar-refractivity contribution in [3.8, 4) is 0 Å². The summed E-state index contributed by atoms with van der Waals surface area (Å²) in [6.07, 6.45) is 0.623. The lowest BCUT2D eigenvalue weighted by Crippen LogP contribution is -2.44. The van der Waals surface area contributed by atoms with Gasteiger partial charge in [0.25, 0.3) is 0 Å². The molecule has 0 unspecified atom stereocenters. The third-order valence-electron chi connectivity index (χ3n) is 2.96. The Kier molecular flexibility index (Phi) is 4.07. The number of hydrogen-bond acceptors (Lipinski definition) is 3. The molecule has 4 heteroatoms. The molecule has 1 aromatic rings. The number of benzene rings is 1. The van der Waals surface area contributed by atoms with Crippen molar-refractivity contribution in [2.75, 3.05) is 18.8 Å². The second-order valence-corrected chi connectivity index (χ2v) is 5.66. The fraction of sp³-hybridized carbons (Fsp3) is 0.538. The average molecular weight is 299 g/mol. The summed E-state index contributed by atoms with van der Waals surface area (Å²) in [6.45, 7) is 7.16. The summed E-state index contributed by atoms with van der Waals surface area (Å²) in [5, 5.41) is 0. The van der Waals surface area contributed by atoms with Crippen molar-refractivity contribution in [3.63, 3.8) is 0 Å². The molecule has 1 aromatic carbocycles. The van der Waals surface area contributed by atoms with Crippen molar-refractivity contribution in [1.82, 2.24) is 4.90 Å². The van der Waals surface area contributed by atoms with Gasteiger partial charge in [-0.3, -0.25) is 4.90 Å². The lowest BCUT2D eigenvalue weighted by atomic mass is 10.1. The topological polar surface area (TPSA) is 38.5 Å². The van der Waals surface area contributed by atoms with E-state index >= 15 is 0 Å². The van der Waals surface area contributed by atoms with Crippen LogP contribution in [-0.2, 0) is 11.3 Å². The zero-order chi connectivity index (χ0) is 12.4. The molecule has 0 spiro atoms. The highest BCUT2D eigenvalue weighted by Crippen LogP contribution is 2.22. The lowest BCUT2D eigenvalue weighted by Gasteiger charge is -2.35. The predicted octanol–water partition coefficient (Wildman–Crippen LogP) is 2.64. The Bertz CT molecular complexity index is 387. The normalized spacial score (nSPS) is 26.1. The molecule has 1 saturated heterocycles. The van der Waals surface area contributed by atoms with Gasteiger partial charge >= 0.3 is 0 Å². The van der Waals surface area contributed by atoms with E-state index in [-0.39, 0.29) is 0 Å². The summed E-state index contributed by atoms with van der Waals surface area (Å²) in [4.78, 5) is 2.42. The molecule has 2 rings (SSSR count). The number of nitrogens with zero attached hydrogens (tertiary/aromatic N) is 1. The molecule has 0 amide bonds. The van der Waals surface area contributed by atoms with E-state index < -0.39 is 0 Å². The third kappa shape index (κ3) is 3.44. The van der Waals surface area contributed by atoms with Crippen LogP contribution in [0.5, 0.6) is 0 Å². The van der Waals surface area contributed by atoms with Crippen LogP contribution in [0.3, 0.4) is 0 Å². The third-order valence-corrected chi connectivity index (χ3v) is 3.68. The zero-order valence-electron chi connectivity index (χ0n) is 10.3. The van der Waals surface area contributed by atoms with Gasteiger partial charge in [-0.05, 0) is 47.5 Å². The Morgan fingerprint density at radius 1 is 1.35 bits per heavy atom. The zero-order valence-corrected chi connectivity index (χ0v) is 11.9. The van der Waals surface area contributed by atoms with E-state index in [1.807, 2.05) is 12.1 Å². The van der Waals surface area contributed by atoms with Crippen molar-refractivity contribution in [2.45, 2.75) is 32.6 Å². The molecule has 1 fully saturated rings. The number of halogens is 1. The van der Waals surface area contributed by atoms with Crippen molar-refractivity contribution >= 4 is 21.6 Å². The standard InChI is InChI=1S/C13H19BrN2O/c1-9-6-16(7-10(2)17-9)8-11-3-4-12(14)13(15)5-11/h3-5,9-10H,6-8,15H2,1-2H3/t9-,10+. The molecule has 2 atom stereocenters. The van der Waals surface area contributed by atoms with Crippen LogP contribution < -0.4 is 5.73 Å². The summed E-state index contributed by atoms with van der Waals surface area (Å²) in [5.74, 6) is 0. The summed E-state index contributed by atoms with van der Waals surface area (Å²) >= 11 is 3.42. The molecule has 1 aliphatic heterocycles. The van der Waals surface area contributed by atoms with Gasteiger partial charge in [0.2, 0.25) is 0 Å². The van der Waals surface area contributed by atoms with Crippen molar-refractivity contribution in [1.29, 1.82) is 0 Å². The molecule has 1 aliphatic rings. The minimum absolute atomic E-state index is 0.312. The van der Waals surface area contributed by atoms with E-state index in [2.05, 4.69) is 40.7 Å². The molecule has 0 saturated carbocycles. The number of nitrogens with two attached hydrogens (primary N) is 1. The summed E-state index contributed by atoms with van der Waals surface area (Å²) in [7, 11) is 0. The van der Waals surface area contributed by atoms with E-state index in [1.54, 1.807) is 0 Å². The van der Waals surface area contributed by atoms with Crippen LogP contribution >= 0.6 is 15.9 Å². The van der Waals surface area contributed by atoms with Gasteiger partial charge in [0, 0.05) is 29.8 Å². The first-order valence-electron chi connectivity index (χ1n) is 5.96. The maximum atomic E-state index is 5.89. The molecule has 1 heterocycles. The van der Waals surface area contributed by atoms with Gasteiger partial charge in [-0.2, -0.15) is 0 Å². The van der Waals surface area contributed by atoms with Gasteiger partial charge in [-0.15, -0.1) is 0 Å². The van der Waals surface area contributed by atoms with E-state index in [4.69, 9.17) is 10.5 Å². The molecule has 17 heavy (non-hydrogen) atoms. The second-order valence-electron chi connectivity index (χ2n) is 4.81. The Balaban J connectivity index is 2.02. The predicted molar refractivity (Wildman–Crippen MR) is 73.8 cm³/mol. The molecular formula is C13H19BrN2O. The largest absolute Gasteiger partial charge is 0.398 e. The number of nitrogen functional groups attached to an aromatic ring is 1. The Labute approximate surface area is 111 Å². The van der Waals surface area contributed by atoms with Gasteiger partial charge in [0.15, 0.2) is 0 Å². The fourth-order valence-corrected chi connectivity index (χ4v) is 2.61. The SMILES string of the molecule is C[C@@H]1CN(Cc2ccc(Br)c(N)c2)C[C@H](C)O1. The first kappa shape index (κ1) is 12.9. The number of hydrogen-bond donors (Lipinski definition) is 1. The first-order chi connectivity index (χ1) is 8.04. The number of rotatable bonds is 2. The maximum Gasteiger partial charge on any atom is 0.0678 e. The van der Waals surface area contributed by atoms with E-state index in [0.29, 0.717) is 12.2 Å². The van der Waals surface area contributed by atoms with E-state index in [0.717, 1.165) is 29.8 Å². The Morgan fingerprint density at radius 2 is 2.00 bits per heavy atom. The highest BCUT2D eigenvalue weighted by Gasteiger charge is 2.21. The minimum Gasteiger partial charge on any atom is -0.398 e. The number of ether oxygens (including phenoxy) is 1. The average Bonchev–Trinajstić information content (AvgIpc) is 2.22.